The van der Waals surface area contributed by atoms with E-state index >= 15 is 0 Å². The summed E-state index contributed by atoms with van der Waals surface area (Å²) in [5.41, 5.74) is 6.71. The van der Waals surface area contributed by atoms with Gasteiger partial charge in [0.2, 0.25) is 5.91 Å². The minimum atomic E-state index is -0.527. The lowest BCUT2D eigenvalue weighted by Crippen LogP contribution is -2.24. The van der Waals surface area contributed by atoms with Crippen molar-refractivity contribution < 1.29 is 4.79 Å². The molecule has 1 saturated heterocycles. The van der Waals surface area contributed by atoms with Crippen molar-refractivity contribution in [2.45, 2.75) is 18.9 Å². The maximum Gasteiger partial charge on any atom is 0.250 e. The van der Waals surface area contributed by atoms with Crippen LogP contribution in [0, 0.1) is 0 Å². The van der Waals surface area contributed by atoms with Gasteiger partial charge in [0.15, 0.2) is 0 Å². The smallest absolute Gasteiger partial charge is 0.250 e. The number of carbonyl (C=O) groups is 1. The summed E-state index contributed by atoms with van der Waals surface area (Å²) in [5.74, 6) is 0.161. The molecule has 1 amide bonds. The topological polar surface area (TPSA) is 72.1 Å². The van der Waals surface area contributed by atoms with Crippen LogP contribution >= 0.6 is 11.6 Å². The average molecular weight is 303 g/mol. The number of halogens is 1. The molecule has 0 aliphatic carbocycles. The second kappa shape index (κ2) is 5.69. The van der Waals surface area contributed by atoms with Gasteiger partial charge in [-0.15, -0.1) is 0 Å². The highest BCUT2D eigenvalue weighted by Gasteiger charge is 2.28. The Morgan fingerprint density at radius 3 is 2.95 bits per heavy atom. The number of primary amides is 1. The molecule has 1 aliphatic heterocycles. The van der Waals surface area contributed by atoms with Crippen molar-refractivity contribution in [2.75, 3.05) is 11.4 Å². The van der Waals surface area contributed by atoms with Crippen LogP contribution in [0.25, 0.3) is 0 Å². The molecule has 2 aromatic rings. The van der Waals surface area contributed by atoms with Crippen molar-refractivity contribution in [1.82, 2.24) is 9.97 Å². The van der Waals surface area contributed by atoms with Gasteiger partial charge in [-0.2, -0.15) is 0 Å². The number of amides is 1. The molecule has 21 heavy (non-hydrogen) atoms. The number of pyridine rings is 2. The van der Waals surface area contributed by atoms with E-state index in [0.717, 1.165) is 24.9 Å². The number of nitrogens with zero attached hydrogens (tertiary/aromatic N) is 3. The summed E-state index contributed by atoms with van der Waals surface area (Å²) in [4.78, 5) is 21.8. The predicted molar refractivity (Wildman–Crippen MR) is 81.3 cm³/mol. The predicted octanol–water partition coefficient (Wildman–Crippen LogP) is 2.57. The third-order valence-electron chi connectivity index (χ3n) is 3.70. The summed E-state index contributed by atoms with van der Waals surface area (Å²) in [6.45, 7) is 0.877. The summed E-state index contributed by atoms with van der Waals surface area (Å²) in [7, 11) is 0. The molecule has 0 radical (unpaired) electrons. The molecule has 3 rings (SSSR count). The van der Waals surface area contributed by atoms with E-state index in [-0.39, 0.29) is 6.04 Å². The SMILES string of the molecule is NC(=O)c1cnc(N2CCCC2c2cccnc2)c(Cl)c1. The fourth-order valence-electron chi connectivity index (χ4n) is 2.72. The number of hydrogen-bond donors (Lipinski definition) is 1. The van der Waals surface area contributed by atoms with Crippen LogP contribution in [0.3, 0.4) is 0 Å². The fraction of sp³-hybridized carbons (Fsp3) is 0.267. The summed E-state index contributed by atoms with van der Waals surface area (Å²) in [6, 6.07) is 5.77. The van der Waals surface area contributed by atoms with Gasteiger partial charge >= 0.3 is 0 Å². The fourth-order valence-corrected chi connectivity index (χ4v) is 2.99. The van der Waals surface area contributed by atoms with Gasteiger partial charge in [0.05, 0.1) is 16.6 Å². The molecule has 0 bridgehead atoms. The van der Waals surface area contributed by atoms with E-state index in [1.165, 1.54) is 6.20 Å². The molecule has 3 heterocycles. The van der Waals surface area contributed by atoms with Crippen LogP contribution in [0.15, 0.2) is 36.8 Å². The van der Waals surface area contributed by atoms with Gasteiger partial charge in [-0.25, -0.2) is 4.98 Å². The monoisotopic (exact) mass is 302 g/mol. The lowest BCUT2D eigenvalue weighted by Gasteiger charge is -2.26. The zero-order valence-corrected chi connectivity index (χ0v) is 12.1. The molecule has 0 spiro atoms. The van der Waals surface area contributed by atoms with Crippen molar-refractivity contribution in [3.05, 3.63) is 52.9 Å². The zero-order valence-electron chi connectivity index (χ0n) is 11.4. The lowest BCUT2D eigenvalue weighted by molar-refractivity contribution is 0.1000. The Morgan fingerprint density at radius 1 is 1.43 bits per heavy atom. The first-order valence-corrected chi connectivity index (χ1v) is 7.16. The van der Waals surface area contributed by atoms with Crippen LogP contribution in [-0.2, 0) is 0 Å². The first-order chi connectivity index (χ1) is 10.2. The maximum atomic E-state index is 11.2. The van der Waals surface area contributed by atoms with Crippen molar-refractivity contribution in [1.29, 1.82) is 0 Å². The summed E-state index contributed by atoms with van der Waals surface area (Å²) >= 11 is 6.28. The first-order valence-electron chi connectivity index (χ1n) is 6.78. The van der Waals surface area contributed by atoms with Crippen LogP contribution in [0.5, 0.6) is 0 Å². The number of carbonyl (C=O) groups excluding carboxylic acids is 1. The van der Waals surface area contributed by atoms with Crippen LogP contribution < -0.4 is 10.6 Å². The maximum absolute atomic E-state index is 11.2. The van der Waals surface area contributed by atoms with Crippen LogP contribution in [0.1, 0.15) is 34.8 Å². The molecule has 0 saturated carbocycles. The highest BCUT2D eigenvalue weighted by molar-refractivity contribution is 6.33. The van der Waals surface area contributed by atoms with Gasteiger partial charge < -0.3 is 10.6 Å². The molecule has 1 unspecified atom stereocenters. The molecular weight excluding hydrogens is 288 g/mol. The molecule has 2 aromatic heterocycles. The first kappa shape index (κ1) is 13.8. The van der Waals surface area contributed by atoms with E-state index in [9.17, 15) is 4.79 Å². The van der Waals surface area contributed by atoms with Crippen molar-refractivity contribution in [2.24, 2.45) is 5.73 Å². The van der Waals surface area contributed by atoms with Crippen molar-refractivity contribution >= 4 is 23.3 Å². The summed E-state index contributed by atoms with van der Waals surface area (Å²) < 4.78 is 0. The van der Waals surface area contributed by atoms with Gasteiger partial charge in [-0.05, 0) is 30.5 Å². The second-order valence-electron chi connectivity index (χ2n) is 5.03. The molecule has 0 aromatic carbocycles. The number of anilines is 1. The largest absolute Gasteiger partial charge is 0.366 e. The Morgan fingerprint density at radius 2 is 2.29 bits per heavy atom. The highest BCUT2D eigenvalue weighted by Crippen LogP contribution is 2.37. The molecule has 6 heteroatoms. The molecule has 1 fully saturated rings. The minimum absolute atomic E-state index is 0.211. The Labute approximate surface area is 127 Å². The normalized spacial score (nSPS) is 18.0. The Bertz CT molecular complexity index is 662. The van der Waals surface area contributed by atoms with E-state index in [0.29, 0.717) is 16.4 Å². The molecule has 1 atom stereocenters. The van der Waals surface area contributed by atoms with Gasteiger partial charge in [-0.3, -0.25) is 9.78 Å². The molecular formula is C15H15ClN4O. The van der Waals surface area contributed by atoms with Gasteiger partial charge in [0.25, 0.3) is 0 Å². The number of rotatable bonds is 3. The average Bonchev–Trinajstić information content (AvgIpc) is 2.97. The van der Waals surface area contributed by atoms with Crippen molar-refractivity contribution in [3.63, 3.8) is 0 Å². The lowest BCUT2D eigenvalue weighted by atomic mass is 10.1. The van der Waals surface area contributed by atoms with E-state index in [4.69, 9.17) is 17.3 Å². The van der Waals surface area contributed by atoms with Gasteiger partial charge in [0.1, 0.15) is 5.82 Å². The Kier molecular flexibility index (Phi) is 3.75. The third-order valence-corrected chi connectivity index (χ3v) is 3.98. The van der Waals surface area contributed by atoms with Crippen molar-refractivity contribution in [3.8, 4) is 0 Å². The molecule has 5 nitrogen and oxygen atoms in total. The second-order valence-corrected chi connectivity index (χ2v) is 5.44. The number of nitrogens with two attached hydrogens (primary N) is 1. The van der Waals surface area contributed by atoms with E-state index in [1.54, 1.807) is 12.3 Å². The van der Waals surface area contributed by atoms with E-state index in [1.807, 2.05) is 12.3 Å². The highest BCUT2D eigenvalue weighted by atomic mass is 35.5. The van der Waals surface area contributed by atoms with Gasteiger partial charge in [0, 0.05) is 25.1 Å². The standard InChI is InChI=1S/C15H15ClN4O/c16-12-7-11(14(17)21)9-19-15(12)20-6-2-4-13(20)10-3-1-5-18-8-10/h1,3,5,7-9,13H,2,4,6H2,(H2,17,21). The molecule has 2 N–H and O–H groups in total. The van der Waals surface area contributed by atoms with E-state index in [2.05, 4.69) is 20.9 Å². The molecule has 108 valence electrons. The third kappa shape index (κ3) is 2.69. The molecule has 1 aliphatic rings. The van der Waals surface area contributed by atoms with Gasteiger partial charge in [-0.1, -0.05) is 17.7 Å². The Hall–Kier alpha value is -2.14. The van der Waals surface area contributed by atoms with Crippen LogP contribution in [0.4, 0.5) is 5.82 Å². The van der Waals surface area contributed by atoms with Crippen LogP contribution in [0.2, 0.25) is 5.02 Å². The quantitative estimate of drug-likeness (QED) is 0.946. The van der Waals surface area contributed by atoms with Crippen LogP contribution in [-0.4, -0.2) is 22.4 Å². The zero-order chi connectivity index (χ0) is 14.8. The Balaban J connectivity index is 1.94. The minimum Gasteiger partial charge on any atom is -0.366 e. The summed E-state index contributed by atoms with van der Waals surface area (Å²) in [5, 5.41) is 0.446. The van der Waals surface area contributed by atoms with E-state index < -0.39 is 5.91 Å². The summed E-state index contributed by atoms with van der Waals surface area (Å²) in [6.07, 6.45) is 7.20. The number of hydrogen-bond acceptors (Lipinski definition) is 4. The number of aromatic nitrogens is 2.